The second-order valence-electron chi connectivity index (χ2n) is 7.49. The quantitative estimate of drug-likeness (QED) is 0.826. The van der Waals surface area contributed by atoms with E-state index >= 15 is 0 Å². The first kappa shape index (κ1) is 17.5. The van der Waals surface area contributed by atoms with Gasteiger partial charge in [0.1, 0.15) is 5.69 Å². The van der Waals surface area contributed by atoms with Crippen molar-refractivity contribution in [1.29, 1.82) is 0 Å². The molecular formula is C18H27N5O3. The average molecular weight is 361 g/mol. The minimum atomic E-state index is -0.0639. The molecule has 3 saturated heterocycles. The van der Waals surface area contributed by atoms with Crippen LogP contribution >= 0.6 is 0 Å². The number of carbonyl (C=O) groups excluding carboxylic acids is 2. The van der Waals surface area contributed by atoms with Crippen molar-refractivity contribution in [2.45, 2.75) is 44.3 Å². The van der Waals surface area contributed by atoms with Crippen LogP contribution in [0, 0.1) is 0 Å². The molecule has 4 heterocycles. The van der Waals surface area contributed by atoms with Crippen molar-refractivity contribution in [1.82, 2.24) is 24.9 Å². The number of hydrogen-bond donors (Lipinski definition) is 1. The van der Waals surface area contributed by atoms with Crippen molar-refractivity contribution in [3.05, 3.63) is 18.0 Å². The van der Waals surface area contributed by atoms with E-state index in [1.165, 1.54) is 0 Å². The average Bonchev–Trinajstić information content (AvgIpc) is 3.33. The number of hydrogen-bond acceptors (Lipinski definition) is 5. The van der Waals surface area contributed by atoms with Gasteiger partial charge in [-0.15, -0.1) is 0 Å². The maximum Gasteiger partial charge on any atom is 0.272 e. The van der Waals surface area contributed by atoms with Crippen molar-refractivity contribution in [3.8, 4) is 0 Å². The molecule has 0 aromatic carbocycles. The minimum absolute atomic E-state index is 0.0538. The standard InChI is InChI=1S/C18H27N5O3/c1-2-23-15(3-7-20-23)17(25)21-8-4-14(5-9-21)22-11-16(24)19-12-18(22)6-10-26-13-18/h3,7,14H,2,4-6,8-13H2,1H3,(H,19,24). The lowest BCUT2D eigenvalue weighted by molar-refractivity contribution is -0.131. The van der Waals surface area contributed by atoms with Gasteiger partial charge in [-0.05, 0) is 32.3 Å². The van der Waals surface area contributed by atoms with Crippen LogP contribution in [0.2, 0.25) is 0 Å². The molecule has 1 aromatic heterocycles. The number of rotatable bonds is 3. The molecule has 2 amide bonds. The van der Waals surface area contributed by atoms with Crippen LogP contribution in [-0.2, 0) is 16.1 Å². The molecule has 1 unspecified atom stereocenters. The summed E-state index contributed by atoms with van der Waals surface area (Å²) in [6.07, 6.45) is 4.42. The van der Waals surface area contributed by atoms with E-state index in [0.29, 0.717) is 51.1 Å². The number of ether oxygens (including phenoxy) is 1. The van der Waals surface area contributed by atoms with Gasteiger partial charge >= 0.3 is 0 Å². The first-order valence-corrected chi connectivity index (χ1v) is 9.55. The van der Waals surface area contributed by atoms with Gasteiger partial charge in [0, 0.05) is 45.0 Å². The van der Waals surface area contributed by atoms with Gasteiger partial charge in [-0.3, -0.25) is 19.2 Å². The normalized spacial score (nSPS) is 27.9. The Morgan fingerprint density at radius 2 is 2.23 bits per heavy atom. The van der Waals surface area contributed by atoms with E-state index in [9.17, 15) is 9.59 Å². The van der Waals surface area contributed by atoms with Crippen molar-refractivity contribution < 1.29 is 14.3 Å². The Hall–Kier alpha value is -1.93. The first-order chi connectivity index (χ1) is 12.6. The van der Waals surface area contributed by atoms with Crippen LogP contribution in [0.15, 0.2) is 12.3 Å². The summed E-state index contributed by atoms with van der Waals surface area (Å²) in [6.45, 7) is 6.65. The Bertz CT molecular complexity index is 674. The number of nitrogens with one attached hydrogen (secondary N) is 1. The fourth-order valence-electron chi connectivity index (χ4n) is 4.53. The number of aryl methyl sites for hydroxylation is 1. The zero-order chi connectivity index (χ0) is 18.1. The summed E-state index contributed by atoms with van der Waals surface area (Å²) >= 11 is 0. The largest absolute Gasteiger partial charge is 0.379 e. The molecule has 1 aromatic rings. The molecule has 0 radical (unpaired) electrons. The van der Waals surface area contributed by atoms with Gasteiger partial charge in [0.25, 0.3) is 5.91 Å². The fourth-order valence-corrected chi connectivity index (χ4v) is 4.53. The molecule has 4 rings (SSSR count). The highest BCUT2D eigenvalue weighted by Crippen LogP contribution is 2.33. The van der Waals surface area contributed by atoms with E-state index in [-0.39, 0.29) is 17.4 Å². The molecule has 1 N–H and O–H groups in total. The molecule has 0 saturated carbocycles. The van der Waals surface area contributed by atoms with Crippen molar-refractivity contribution in [3.63, 3.8) is 0 Å². The molecule has 3 fully saturated rings. The Kier molecular flexibility index (Phi) is 4.71. The smallest absolute Gasteiger partial charge is 0.272 e. The van der Waals surface area contributed by atoms with Crippen molar-refractivity contribution in [2.75, 3.05) is 39.4 Å². The maximum absolute atomic E-state index is 12.8. The second-order valence-corrected chi connectivity index (χ2v) is 7.49. The molecule has 26 heavy (non-hydrogen) atoms. The molecular weight excluding hydrogens is 334 g/mol. The SMILES string of the molecule is CCn1nccc1C(=O)N1CCC(N2CC(=O)NCC23CCOC3)CC1. The Morgan fingerprint density at radius 1 is 1.42 bits per heavy atom. The van der Waals surface area contributed by atoms with E-state index in [1.807, 2.05) is 11.8 Å². The van der Waals surface area contributed by atoms with Gasteiger partial charge in [0.05, 0.1) is 18.7 Å². The number of likely N-dealkylation sites (tertiary alicyclic amines) is 1. The highest BCUT2D eigenvalue weighted by molar-refractivity contribution is 5.92. The summed E-state index contributed by atoms with van der Waals surface area (Å²) in [5, 5.41) is 7.21. The van der Waals surface area contributed by atoms with Crippen LogP contribution in [0.25, 0.3) is 0 Å². The molecule has 1 atom stereocenters. The molecule has 142 valence electrons. The maximum atomic E-state index is 12.8. The Morgan fingerprint density at radius 3 is 2.92 bits per heavy atom. The lowest BCUT2D eigenvalue weighted by Gasteiger charge is -2.49. The van der Waals surface area contributed by atoms with Crippen LogP contribution in [0.4, 0.5) is 0 Å². The summed E-state index contributed by atoms with van der Waals surface area (Å²) in [7, 11) is 0. The van der Waals surface area contributed by atoms with Crippen LogP contribution < -0.4 is 5.32 Å². The van der Waals surface area contributed by atoms with E-state index in [1.54, 1.807) is 16.9 Å². The molecule has 3 aliphatic heterocycles. The van der Waals surface area contributed by atoms with Gasteiger partial charge in [-0.25, -0.2) is 0 Å². The molecule has 8 heteroatoms. The second kappa shape index (κ2) is 7.00. The topological polar surface area (TPSA) is 79.7 Å². The summed E-state index contributed by atoms with van der Waals surface area (Å²) in [6, 6.07) is 2.11. The zero-order valence-electron chi connectivity index (χ0n) is 15.3. The summed E-state index contributed by atoms with van der Waals surface area (Å²) < 4.78 is 7.41. The van der Waals surface area contributed by atoms with Gasteiger partial charge in [-0.1, -0.05) is 0 Å². The molecule has 1 spiro atoms. The first-order valence-electron chi connectivity index (χ1n) is 9.55. The Labute approximate surface area is 153 Å². The van der Waals surface area contributed by atoms with Crippen LogP contribution in [-0.4, -0.2) is 82.4 Å². The van der Waals surface area contributed by atoms with Crippen molar-refractivity contribution >= 4 is 11.8 Å². The number of nitrogens with zero attached hydrogens (tertiary/aromatic N) is 4. The highest BCUT2D eigenvalue weighted by Gasteiger charge is 2.47. The third-order valence-corrected chi connectivity index (χ3v) is 6.05. The molecule has 3 aliphatic rings. The van der Waals surface area contributed by atoms with Crippen LogP contribution in [0.3, 0.4) is 0 Å². The van der Waals surface area contributed by atoms with E-state index in [0.717, 1.165) is 25.9 Å². The van der Waals surface area contributed by atoms with Gasteiger partial charge in [0.2, 0.25) is 5.91 Å². The molecule has 8 nitrogen and oxygen atoms in total. The monoisotopic (exact) mass is 361 g/mol. The van der Waals surface area contributed by atoms with Gasteiger partial charge in [-0.2, -0.15) is 5.10 Å². The summed E-state index contributed by atoms with van der Waals surface area (Å²) in [5.41, 5.74) is 0.593. The number of piperazine rings is 1. The number of aromatic nitrogens is 2. The summed E-state index contributed by atoms with van der Waals surface area (Å²) in [5.74, 6) is 0.144. The summed E-state index contributed by atoms with van der Waals surface area (Å²) in [4.78, 5) is 29.1. The fraction of sp³-hybridized carbons (Fsp3) is 0.722. The number of piperidine rings is 1. The Balaban J connectivity index is 1.42. The van der Waals surface area contributed by atoms with Gasteiger partial charge in [0.15, 0.2) is 0 Å². The van der Waals surface area contributed by atoms with E-state index < -0.39 is 0 Å². The number of amides is 2. The van der Waals surface area contributed by atoms with Gasteiger partial charge < -0.3 is 15.0 Å². The predicted octanol–water partition coefficient (Wildman–Crippen LogP) is 0.0985. The van der Waals surface area contributed by atoms with Crippen LogP contribution in [0.5, 0.6) is 0 Å². The number of carbonyl (C=O) groups is 2. The zero-order valence-corrected chi connectivity index (χ0v) is 15.3. The third kappa shape index (κ3) is 3.01. The molecule has 0 aliphatic carbocycles. The van der Waals surface area contributed by atoms with E-state index in [4.69, 9.17) is 4.74 Å². The van der Waals surface area contributed by atoms with Crippen molar-refractivity contribution in [2.24, 2.45) is 0 Å². The lowest BCUT2D eigenvalue weighted by atomic mass is 9.89. The van der Waals surface area contributed by atoms with Crippen LogP contribution in [0.1, 0.15) is 36.7 Å². The minimum Gasteiger partial charge on any atom is -0.379 e. The molecule has 0 bridgehead atoms. The predicted molar refractivity (Wildman–Crippen MR) is 94.7 cm³/mol. The lowest BCUT2D eigenvalue weighted by Crippen LogP contribution is -2.67. The highest BCUT2D eigenvalue weighted by atomic mass is 16.5. The third-order valence-electron chi connectivity index (χ3n) is 6.05. The van der Waals surface area contributed by atoms with E-state index in [2.05, 4.69) is 15.3 Å².